The van der Waals surface area contributed by atoms with Crippen LogP contribution in [0.4, 0.5) is 4.39 Å². The van der Waals surface area contributed by atoms with Gasteiger partial charge >= 0.3 is 0 Å². The predicted molar refractivity (Wildman–Crippen MR) is 147 cm³/mol. The number of hydrogen-bond donors (Lipinski definition) is 2. The molecule has 0 saturated heterocycles. The molecule has 37 heavy (non-hydrogen) atoms. The highest BCUT2D eigenvalue weighted by Gasteiger charge is 2.25. The van der Waals surface area contributed by atoms with Crippen LogP contribution in [-0.2, 0) is 11.4 Å². The summed E-state index contributed by atoms with van der Waals surface area (Å²) >= 11 is 6.91. The predicted octanol–water partition coefficient (Wildman–Crippen LogP) is 5.84. The van der Waals surface area contributed by atoms with Crippen molar-refractivity contribution in [3.05, 3.63) is 92.1 Å². The summed E-state index contributed by atoms with van der Waals surface area (Å²) in [6.45, 7) is 3.88. The first kappa shape index (κ1) is 28.3. The Kier molecular flexibility index (Phi) is 10.2. The number of halogens is 3. The number of nitrogens with one attached hydrogen (secondary N) is 2. The average molecular weight is 635 g/mol. The maximum absolute atomic E-state index is 13.9. The summed E-state index contributed by atoms with van der Waals surface area (Å²) in [6, 6.07) is 15.9. The summed E-state index contributed by atoms with van der Waals surface area (Å²) in [4.78, 5) is 25.2. The molecular weight excluding hydrogens is 609 g/mol. The molecule has 2 amide bonds. The normalized spacial score (nSPS) is 11.9. The van der Waals surface area contributed by atoms with Crippen LogP contribution in [0.1, 0.15) is 35.3 Å². The van der Waals surface area contributed by atoms with E-state index in [9.17, 15) is 14.0 Å². The highest BCUT2D eigenvalue weighted by molar-refractivity contribution is 9.10. The fraction of sp³-hybridized carbons (Fsp3) is 0.222. The largest absolute Gasteiger partial charge is 0.493 e. The first-order valence-corrected chi connectivity index (χ1v) is 12.9. The summed E-state index contributed by atoms with van der Waals surface area (Å²) in [5.41, 5.74) is 3.93. The number of amides is 2. The van der Waals surface area contributed by atoms with Gasteiger partial charge in [0.05, 0.1) is 23.4 Å². The van der Waals surface area contributed by atoms with Crippen molar-refractivity contribution in [1.29, 1.82) is 0 Å². The fourth-order valence-electron chi connectivity index (χ4n) is 3.33. The Morgan fingerprint density at radius 3 is 2.43 bits per heavy atom. The summed E-state index contributed by atoms with van der Waals surface area (Å²) < 4.78 is 27.0. The molecule has 0 radical (unpaired) electrons. The van der Waals surface area contributed by atoms with Crippen molar-refractivity contribution >= 4 is 49.9 Å². The molecule has 0 spiro atoms. The number of ether oxygens (including phenoxy) is 2. The van der Waals surface area contributed by atoms with Crippen LogP contribution in [0, 0.1) is 11.7 Å². The van der Waals surface area contributed by atoms with Crippen molar-refractivity contribution < 1.29 is 23.5 Å². The lowest BCUT2D eigenvalue weighted by Crippen LogP contribution is -2.48. The number of rotatable bonds is 10. The number of hydrazone groups is 1. The SMILES string of the molecule is COc1cc(/C=N/NC(=O)C(NC(=O)c2ccccc2F)C(C)C)cc(Br)c1OCc1ccc(Br)cc1. The quantitative estimate of drug-likeness (QED) is 0.217. The van der Waals surface area contributed by atoms with Crippen molar-refractivity contribution in [2.75, 3.05) is 7.11 Å². The Morgan fingerprint density at radius 2 is 1.78 bits per heavy atom. The maximum atomic E-state index is 13.9. The molecule has 10 heteroatoms. The second-order valence-electron chi connectivity index (χ2n) is 8.36. The molecule has 0 aliphatic rings. The highest BCUT2D eigenvalue weighted by Crippen LogP contribution is 2.37. The third-order valence-corrected chi connectivity index (χ3v) is 6.41. The van der Waals surface area contributed by atoms with Crippen molar-refractivity contribution in [3.8, 4) is 11.5 Å². The van der Waals surface area contributed by atoms with Crippen molar-refractivity contribution in [3.63, 3.8) is 0 Å². The monoisotopic (exact) mass is 633 g/mol. The zero-order chi connectivity index (χ0) is 26.9. The van der Waals surface area contributed by atoms with E-state index < -0.39 is 23.7 Å². The van der Waals surface area contributed by atoms with E-state index in [1.165, 1.54) is 31.5 Å². The summed E-state index contributed by atoms with van der Waals surface area (Å²) in [5, 5.41) is 6.59. The van der Waals surface area contributed by atoms with Gasteiger partial charge in [-0.25, -0.2) is 9.82 Å². The van der Waals surface area contributed by atoms with E-state index in [1.807, 2.05) is 24.3 Å². The third-order valence-electron chi connectivity index (χ3n) is 5.29. The molecule has 1 atom stereocenters. The number of carbonyl (C=O) groups is 2. The third kappa shape index (κ3) is 7.87. The topological polar surface area (TPSA) is 89.0 Å². The Morgan fingerprint density at radius 1 is 1.08 bits per heavy atom. The van der Waals surface area contributed by atoms with Crippen LogP contribution in [0.25, 0.3) is 0 Å². The Balaban J connectivity index is 1.66. The lowest BCUT2D eigenvalue weighted by Gasteiger charge is -2.20. The molecule has 7 nitrogen and oxygen atoms in total. The van der Waals surface area contributed by atoms with Crippen LogP contribution in [0.5, 0.6) is 11.5 Å². The number of methoxy groups -OCH3 is 1. The molecule has 0 saturated carbocycles. The number of benzene rings is 3. The van der Waals surface area contributed by atoms with Gasteiger partial charge in [0.1, 0.15) is 18.5 Å². The van der Waals surface area contributed by atoms with Crippen LogP contribution in [0.15, 0.2) is 74.7 Å². The van der Waals surface area contributed by atoms with Gasteiger partial charge in [-0.3, -0.25) is 9.59 Å². The molecule has 2 N–H and O–H groups in total. The number of nitrogens with zero attached hydrogens (tertiary/aromatic N) is 1. The average Bonchev–Trinajstić information content (AvgIpc) is 2.87. The molecule has 3 aromatic carbocycles. The van der Waals surface area contributed by atoms with E-state index in [0.717, 1.165) is 10.0 Å². The van der Waals surface area contributed by atoms with Gasteiger partial charge in [0, 0.05) is 4.47 Å². The Bertz CT molecular complexity index is 1280. The minimum atomic E-state index is -0.917. The lowest BCUT2D eigenvalue weighted by atomic mass is 10.0. The second-order valence-corrected chi connectivity index (χ2v) is 10.1. The molecule has 3 aromatic rings. The molecule has 3 rings (SSSR count). The number of carbonyl (C=O) groups excluding carboxylic acids is 2. The van der Waals surface area contributed by atoms with Gasteiger partial charge in [-0.15, -0.1) is 0 Å². The molecule has 0 bridgehead atoms. The van der Waals surface area contributed by atoms with Crippen LogP contribution in [0.3, 0.4) is 0 Å². The maximum Gasteiger partial charge on any atom is 0.262 e. The Labute approximate surface area is 231 Å². The van der Waals surface area contributed by atoms with Crippen LogP contribution in [0.2, 0.25) is 0 Å². The lowest BCUT2D eigenvalue weighted by molar-refractivity contribution is -0.123. The first-order chi connectivity index (χ1) is 17.7. The zero-order valence-electron chi connectivity index (χ0n) is 20.4. The molecule has 0 aromatic heterocycles. The second kappa shape index (κ2) is 13.3. The molecule has 0 aliphatic carbocycles. The summed E-state index contributed by atoms with van der Waals surface area (Å²) in [5.74, 6) is -1.12. The minimum Gasteiger partial charge on any atom is -0.493 e. The van der Waals surface area contributed by atoms with Crippen molar-refractivity contribution in [2.24, 2.45) is 11.0 Å². The van der Waals surface area contributed by atoms with E-state index in [0.29, 0.717) is 28.1 Å². The molecule has 0 fully saturated rings. The van der Waals surface area contributed by atoms with Crippen molar-refractivity contribution in [2.45, 2.75) is 26.5 Å². The van der Waals surface area contributed by atoms with E-state index in [2.05, 4.69) is 47.7 Å². The van der Waals surface area contributed by atoms with Gasteiger partial charge < -0.3 is 14.8 Å². The zero-order valence-corrected chi connectivity index (χ0v) is 23.6. The number of hydrogen-bond acceptors (Lipinski definition) is 5. The van der Waals surface area contributed by atoms with Gasteiger partial charge in [0.15, 0.2) is 11.5 Å². The highest BCUT2D eigenvalue weighted by atomic mass is 79.9. The molecule has 0 heterocycles. The van der Waals surface area contributed by atoms with E-state index >= 15 is 0 Å². The smallest absolute Gasteiger partial charge is 0.262 e. The molecule has 0 aliphatic heterocycles. The molecule has 194 valence electrons. The van der Waals surface area contributed by atoms with Gasteiger partial charge in [-0.1, -0.05) is 54.0 Å². The van der Waals surface area contributed by atoms with Gasteiger partial charge in [0.2, 0.25) is 0 Å². The van der Waals surface area contributed by atoms with E-state index in [-0.39, 0.29) is 11.5 Å². The van der Waals surface area contributed by atoms with Crippen LogP contribution < -0.4 is 20.2 Å². The molecule has 1 unspecified atom stereocenters. The van der Waals surface area contributed by atoms with Crippen LogP contribution >= 0.6 is 31.9 Å². The van der Waals surface area contributed by atoms with Gasteiger partial charge in [-0.2, -0.15) is 5.10 Å². The van der Waals surface area contributed by atoms with Crippen molar-refractivity contribution in [1.82, 2.24) is 10.7 Å². The minimum absolute atomic E-state index is 0.135. The van der Waals surface area contributed by atoms with Gasteiger partial charge in [0.25, 0.3) is 11.8 Å². The first-order valence-electron chi connectivity index (χ1n) is 11.3. The summed E-state index contributed by atoms with van der Waals surface area (Å²) in [7, 11) is 1.53. The van der Waals surface area contributed by atoms with E-state index in [4.69, 9.17) is 9.47 Å². The fourth-order valence-corrected chi connectivity index (χ4v) is 4.17. The van der Waals surface area contributed by atoms with E-state index in [1.54, 1.807) is 32.0 Å². The molecular formula is C27H26Br2FN3O4. The van der Waals surface area contributed by atoms with Gasteiger partial charge in [-0.05, 0) is 69.4 Å². The summed E-state index contributed by atoms with van der Waals surface area (Å²) in [6.07, 6.45) is 1.44. The Hall–Kier alpha value is -3.24. The standard InChI is InChI=1S/C27H26Br2FN3O4/c1-16(2)24(32-26(34)20-6-4-5-7-22(20)30)27(35)33-31-14-18-12-21(29)25(23(13-18)36-3)37-15-17-8-10-19(28)11-9-17/h4-14,16,24H,15H2,1-3H3,(H,32,34)(H,33,35)/b31-14+. The van der Waals surface area contributed by atoms with Crippen LogP contribution in [-0.4, -0.2) is 31.2 Å².